The number of nitrogens with one attached hydrogen (secondary N) is 6. The molecule has 0 aliphatic heterocycles. The molecular formula is C30H50N8O3. The minimum absolute atomic E-state index is 0.0375. The van der Waals surface area contributed by atoms with E-state index in [0.717, 1.165) is 29.3 Å². The van der Waals surface area contributed by atoms with E-state index in [4.69, 9.17) is 16.9 Å². The molecule has 0 aliphatic rings. The zero-order chi connectivity index (χ0) is 30.5. The number of carbonyl (C=O) groups is 3. The van der Waals surface area contributed by atoms with E-state index in [1.54, 1.807) is 0 Å². The molecule has 0 fully saturated rings. The number of carbonyl (C=O) groups excluding carboxylic acids is 3. The summed E-state index contributed by atoms with van der Waals surface area (Å²) in [6, 6.07) is 5.54. The molecular weight excluding hydrogens is 520 g/mol. The molecule has 0 spiro atoms. The van der Waals surface area contributed by atoms with Crippen LogP contribution in [0.25, 0.3) is 10.9 Å². The number of fused-ring (bicyclic) bond motifs is 1. The predicted molar refractivity (Wildman–Crippen MR) is 164 cm³/mol. The number of hydrogen-bond acceptors (Lipinski definition) is 5. The smallest absolute Gasteiger partial charge is 0.243 e. The van der Waals surface area contributed by atoms with Crippen LogP contribution in [0.5, 0.6) is 0 Å². The van der Waals surface area contributed by atoms with Crippen molar-refractivity contribution in [2.45, 2.75) is 84.8 Å². The van der Waals surface area contributed by atoms with Gasteiger partial charge >= 0.3 is 0 Å². The summed E-state index contributed by atoms with van der Waals surface area (Å²) in [7, 11) is 0. The van der Waals surface area contributed by atoms with Gasteiger partial charge in [-0.3, -0.25) is 19.8 Å². The van der Waals surface area contributed by atoms with Crippen molar-refractivity contribution in [1.29, 1.82) is 5.41 Å². The second-order valence-corrected chi connectivity index (χ2v) is 11.9. The number of para-hydroxylation sites is 1. The van der Waals surface area contributed by atoms with Crippen LogP contribution in [0.15, 0.2) is 30.5 Å². The van der Waals surface area contributed by atoms with E-state index in [9.17, 15) is 14.4 Å². The van der Waals surface area contributed by atoms with Gasteiger partial charge in [0.2, 0.25) is 17.7 Å². The number of rotatable bonds is 18. The highest BCUT2D eigenvalue weighted by Gasteiger charge is 2.29. The quantitative estimate of drug-likeness (QED) is 0.0769. The van der Waals surface area contributed by atoms with E-state index < -0.39 is 29.9 Å². The summed E-state index contributed by atoms with van der Waals surface area (Å²) in [4.78, 5) is 42.4. The average Bonchev–Trinajstić information content (AvgIpc) is 3.30. The number of guanidine groups is 1. The van der Waals surface area contributed by atoms with Crippen molar-refractivity contribution in [2.24, 2.45) is 29.2 Å². The summed E-state index contributed by atoms with van der Waals surface area (Å²) in [5, 5.41) is 20.2. The van der Waals surface area contributed by atoms with E-state index in [2.05, 4.69) is 47.0 Å². The Morgan fingerprint density at radius 1 is 0.902 bits per heavy atom. The van der Waals surface area contributed by atoms with Gasteiger partial charge in [-0.05, 0) is 61.6 Å². The fourth-order valence-corrected chi connectivity index (χ4v) is 4.86. The monoisotopic (exact) mass is 570 g/mol. The van der Waals surface area contributed by atoms with Gasteiger partial charge in [0.1, 0.15) is 12.1 Å². The first kappa shape index (κ1) is 33.6. The first-order chi connectivity index (χ1) is 19.4. The molecule has 0 radical (unpaired) electrons. The Morgan fingerprint density at radius 3 is 2.15 bits per heavy atom. The molecule has 1 unspecified atom stereocenters. The van der Waals surface area contributed by atoms with Crippen LogP contribution in [-0.2, 0) is 20.8 Å². The van der Waals surface area contributed by atoms with Crippen LogP contribution in [0.2, 0.25) is 0 Å². The SMILES string of the molecule is CC(C)C[C@H](NC[C@@H](C)CCCNC(=N)N)C(=O)N[C@@H](CC(C)C)C(=O)NC(Cc1c[nH]c2ccccc12)C(N)=O. The Kier molecular flexibility index (Phi) is 13.6. The number of H-pyrrole nitrogens is 1. The molecule has 3 amide bonds. The molecule has 228 valence electrons. The molecule has 1 heterocycles. The average molecular weight is 571 g/mol. The lowest BCUT2D eigenvalue weighted by atomic mass is 9.98. The van der Waals surface area contributed by atoms with Crippen LogP contribution in [-0.4, -0.2) is 59.9 Å². The minimum Gasteiger partial charge on any atom is -0.370 e. The molecule has 11 nitrogen and oxygen atoms in total. The maximum absolute atomic E-state index is 13.4. The maximum atomic E-state index is 13.4. The van der Waals surface area contributed by atoms with E-state index in [-0.39, 0.29) is 30.1 Å². The Bertz CT molecular complexity index is 1150. The number of hydrogen-bond donors (Lipinski definition) is 8. The Hall–Kier alpha value is -3.60. The van der Waals surface area contributed by atoms with E-state index >= 15 is 0 Å². The third-order valence-electron chi connectivity index (χ3n) is 7.02. The molecule has 0 saturated carbocycles. The first-order valence-corrected chi connectivity index (χ1v) is 14.6. The number of aromatic nitrogens is 1. The van der Waals surface area contributed by atoms with Crippen LogP contribution < -0.4 is 32.7 Å². The van der Waals surface area contributed by atoms with Crippen LogP contribution >= 0.6 is 0 Å². The van der Waals surface area contributed by atoms with Gasteiger partial charge in [0.05, 0.1) is 6.04 Å². The number of nitrogens with two attached hydrogens (primary N) is 2. The fourth-order valence-electron chi connectivity index (χ4n) is 4.86. The zero-order valence-electron chi connectivity index (χ0n) is 25.2. The lowest BCUT2D eigenvalue weighted by Gasteiger charge is -2.27. The minimum atomic E-state index is -0.920. The number of aromatic amines is 1. The van der Waals surface area contributed by atoms with Crippen LogP contribution in [0, 0.1) is 23.2 Å². The summed E-state index contributed by atoms with van der Waals surface area (Å²) in [5.41, 5.74) is 12.8. The topological polar surface area (TPSA) is 191 Å². The number of amides is 3. The van der Waals surface area contributed by atoms with Crippen molar-refractivity contribution in [3.8, 4) is 0 Å². The molecule has 2 aromatic rings. The molecule has 1 aromatic carbocycles. The summed E-state index contributed by atoms with van der Waals surface area (Å²) in [5.74, 6) is -0.632. The largest absolute Gasteiger partial charge is 0.370 e. The van der Waals surface area contributed by atoms with Crippen molar-refractivity contribution >= 4 is 34.6 Å². The molecule has 10 N–H and O–H groups in total. The van der Waals surface area contributed by atoms with Crippen molar-refractivity contribution in [2.75, 3.05) is 13.1 Å². The molecule has 0 aliphatic carbocycles. The highest BCUT2D eigenvalue weighted by molar-refractivity contribution is 5.93. The van der Waals surface area contributed by atoms with Crippen LogP contribution in [0.4, 0.5) is 0 Å². The van der Waals surface area contributed by atoms with Gasteiger partial charge in [-0.2, -0.15) is 0 Å². The summed E-state index contributed by atoms with van der Waals surface area (Å²) >= 11 is 0. The Morgan fingerprint density at radius 2 is 1.51 bits per heavy atom. The van der Waals surface area contributed by atoms with E-state index in [0.29, 0.717) is 31.8 Å². The number of benzene rings is 1. The number of primary amides is 1. The molecule has 1 aromatic heterocycles. The maximum Gasteiger partial charge on any atom is 0.243 e. The Balaban J connectivity index is 2.06. The molecule has 2 rings (SSSR count). The third kappa shape index (κ3) is 11.8. The summed E-state index contributed by atoms with van der Waals surface area (Å²) < 4.78 is 0. The molecule has 11 heteroatoms. The van der Waals surface area contributed by atoms with Gasteiger partial charge in [0, 0.05) is 30.1 Å². The first-order valence-electron chi connectivity index (χ1n) is 14.6. The lowest BCUT2D eigenvalue weighted by molar-refractivity contribution is -0.132. The van der Waals surface area contributed by atoms with Crippen molar-refractivity contribution in [1.82, 2.24) is 26.3 Å². The zero-order valence-corrected chi connectivity index (χ0v) is 25.2. The van der Waals surface area contributed by atoms with E-state index in [1.165, 1.54) is 0 Å². The molecule has 0 saturated heterocycles. The second-order valence-electron chi connectivity index (χ2n) is 11.9. The lowest BCUT2D eigenvalue weighted by Crippen LogP contribution is -2.57. The normalized spacial score (nSPS) is 14.4. The fraction of sp³-hybridized carbons (Fsp3) is 0.600. The molecule has 0 bridgehead atoms. The Labute approximate surface area is 243 Å². The van der Waals surface area contributed by atoms with Crippen LogP contribution in [0.1, 0.15) is 65.9 Å². The van der Waals surface area contributed by atoms with Crippen molar-refractivity contribution < 1.29 is 14.4 Å². The van der Waals surface area contributed by atoms with Gasteiger partial charge in [-0.15, -0.1) is 0 Å². The molecule has 41 heavy (non-hydrogen) atoms. The van der Waals surface area contributed by atoms with Gasteiger partial charge in [-0.25, -0.2) is 0 Å². The van der Waals surface area contributed by atoms with Gasteiger partial charge < -0.3 is 37.7 Å². The summed E-state index contributed by atoms with van der Waals surface area (Å²) in [6.07, 6.45) is 4.87. The van der Waals surface area contributed by atoms with Gasteiger partial charge in [-0.1, -0.05) is 52.8 Å². The summed E-state index contributed by atoms with van der Waals surface area (Å²) in [6.45, 7) is 11.5. The predicted octanol–water partition coefficient (Wildman–Crippen LogP) is 2.12. The van der Waals surface area contributed by atoms with Crippen LogP contribution in [0.3, 0.4) is 0 Å². The van der Waals surface area contributed by atoms with Crippen molar-refractivity contribution in [3.05, 3.63) is 36.0 Å². The second kappa shape index (κ2) is 16.6. The highest BCUT2D eigenvalue weighted by atomic mass is 16.2. The van der Waals surface area contributed by atoms with Crippen molar-refractivity contribution in [3.63, 3.8) is 0 Å². The molecule has 4 atom stereocenters. The third-order valence-corrected chi connectivity index (χ3v) is 7.02. The van der Waals surface area contributed by atoms with E-state index in [1.807, 2.05) is 44.3 Å². The standard InChI is InChI=1S/C30H50N8O3/c1-18(2)13-25(35-16-20(5)9-8-12-34-30(32)33)28(40)38-26(14-19(3)4)29(41)37-24(27(31)39)15-21-17-36-23-11-7-6-10-22(21)23/h6-7,10-11,17-20,24-26,35-36H,8-9,12-16H2,1-5H3,(H2,31,39)(H,37,41)(H,38,40)(H4,32,33,34)/t20-,24?,25-,26-/m0/s1. The van der Waals surface area contributed by atoms with Gasteiger partial charge in [0.15, 0.2) is 5.96 Å². The highest BCUT2D eigenvalue weighted by Crippen LogP contribution is 2.19. The van der Waals surface area contributed by atoms with Gasteiger partial charge in [0.25, 0.3) is 0 Å².